The maximum absolute atomic E-state index is 15.4. The fourth-order valence-electron chi connectivity index (χ4n) is 4.74. The lowest BCUT2D eigenvalue weighted by Crippen LogP contribution is -2.53. The Morgan fingerprint density at radius 3 is 2.63 bits per heavy atom. The molecular formula is C25H29FN6O3. The number of carbonyl (C=O) groups is 1. The number of nitrogen functional groups attached to an aromatic ring is 1. The zero-order chi connectivity index (χ0) is 24.5. The molecule has 0 unspecified atom stereocenters. The number of hydrogen-bond acceptors (Lipinski definition) is 8. The predicted molar refractivity (Wildman–Crippen MR) is 131 cm³/mol. The van der Waals surface area contributed by atoms with Crippen LogP contribution in [0.5, 0.6) is 11.5 Å². The lowest BCUT2D eigenvalue weighted by Gasteiger charge is -2.42. The van der Waals surface area contributed by atoms with E-state index in [-0.39, 0.29) is 40.8 Å². The summed E-state index contributed by atoms with van der Waals surface area (Å²) in [5.74, 6) is 0.105. The summed E-state index contributed by atoms with van der Waals surface area (Å²) in [6, 6.07) is 11.5. The minimum absolute atomic E-state index is 0.0383. The van der Waals surface area contributed by atoms with Gasteiger partial charge in [0.2, 0.25) is 11.9 Å². The maximum Gasteiger partial charge on any atom is 0.228 e. The number of anilines is 2. The van der Waals surface area contributed by atoms with Crippen LogP contribution in [0.25, 0.3) is 10.9 Å². The smallest absolute Gasteiger partial charge is 0.228 e. The molecule has 1 amide bonds. The van der Waals surface area contributed by atoms with E-state index in [1.807, 2.05) is 40.1 Å². The summed E-state index contributed by atoms with van der Waals surface area (Å²) in [5, 5.41) is 3.64. The largest absolute Gasteiger partial charge is 0.493 e. The molecule has 2 aromatic carbocycles. The van der Waals surface area contributed by atoms with Gasteiger partial charge in [-0.15, -0.1) is 0 Å². The molecule has 0 spiro atoms. The summed E-state index contributed by atoms with van der Waals surface area (Å²) in [6.07, 6.45) is 1.52. The molecule has 3 N–H and O–H groups in total. The van der Waals surface area contributed by atoms with Crippen LogP contribution in [0.4, 0.5) is 16.2 Å². The monoisotopic (exact) mass is 480 g/mol. The van der Waals surface area contributed by atoms with E-state index in [9.17, 15) is 4.79 Å². The van der Waals surface area contributed by atoms with Crippen LogP contribution in [0, 0.1) is 5.82 Å². The first-order chi connectivity index (χ1) is 17.0. The van der Waals surface area contributed by atoms with E-state index in [1.54, 1.807) is 6.07 Å². The van der Waals surface area contributed by atoms with Gasteiger partial charge in [0.05, 0.1) is 20.3 Å². The van der Waals surface area contributed by atoms with Gasteiger partial charge in [0.25, 0.3) is 0 Å². The van der Waals surface area contributed by atoms with Crippen molar-refractivity contribution >= 4 is 28.6 Å². The van der Waals surface area contributed by atoms with Crippen molar-refractivity contribution in [3.63, 3.8) is 0 Å². The second kappa shape index (κ2) is 9.53. The molecule has 3 aromatic rings. The average molecular weight is 481 g/mol. The van der Waals surface area contributed by atoms with Crippen LogP contribution in [0.1, 0.15) is 24.4 Å². The van der Waals surface area contributed by atoms with E-state index >= 15 is 4.39 Å². The summed E-state index contributed by atoms with van der Waals surface area (Å²) >= 11 is 0. The minimum Gasteiger partial charge on any atom is -0.493 e. The quantitative estimate of drug-likeness (QED) is 0.555. The number of carbonyl (C=O) groups excluding carboxylic acids is 1. The van der Waals surface area contributed by atoms with Gasteiger partial charge in [-0.05, 0) is 24.6 Å². The average Bonchev–Trinajstić information content (AvgIpc) is 2.86. The Labute approximate surface area is 203 Å². The molecule has 2 atom stereocenters. The third-order valence-electron chi connectivity index (χ3n) is 6.81. The van der Waals surface area contributed by atoms with Crippen LogP contribution in [-0.4, -0.2) is 67.2 Å². The van der Waals surface area contributed by atoms with E-state index in [0.29, 0.717) is 37.4 Å². The van der Waals surface area contributed by atoms with Gasteiger partial charge in [0.15, 0.2) is 17.3 Å². The molecule has 1 aromatic heterocycles. The number of hydrogen-bond donors (Lipinski definition) is 2. The zero-order valence-corrected chi connectivity index (χ0v) is 19.8. The Morgan fingerprint density at radius 2 is 1.97 bits per heavy atom. The Kier molecular flexibility index (Phi) is 6.29. The second-order valence-corrected chi connectivity index (χ2v) is 8.83. The number of nitrogens with zero attached hydrogens (tertiary/aromatic N) is 4. The molecule has 184 valence electrons. The lowest BCUT2D eigenvalue weighted by atomic mass is 10.00. The van der Waals surface area contributed by atoms with Crippen LogP contribution >= 0.6 is 0 Å². The van der Waals surface area contributed by atoms with E-state index < -0.39 is 5.82 Å². The minimum atomic E-state index is -0.657. The zero-order valence-electron chi connectivity index (χ0n) is 19.8. The van der Waals surface area contributed by atoms with Gasteiger partial charge in [0.1, 0.15) is 11.3 Å². The van der Waals surface area contributed by atoms with Gasteiger partial charge in [-0.25, -0.2) is 9.37 Å². The summed E-state index contributed by atoms with van der Waals surface area (Å²) in [4.78, 5) is 26.0. The standard InChI is InChI=1S/C25H29FN6O3/c1-34-19-13-17-22(21(26)23(19)35-2)29-25(30-24(17)27)32-11-10-31(20(33)12-16-8-9-28-16)14-18(32)15-6-4-3-5-7-15/h3-7,13,16,18,28H,8-12,14H2,1-2H3,(H2,27,29,30)/t16-,18+/m0/s1. The molecular weight excluding hydrogens is 451 g/mol. The van der Waals surface area contributed by atoms with Crippen molar-refractivity contribution in [2.24, 2.45) is 0 Å². The topological polar surface area (TPSA) is 106 Å². The Balaban J connectivity index is 1.52. The van der Waals surface area contributed by atoms with Gasteiger partial charge >= 0.3 is 0 Å². The number of nitrogens with one attached hydrogen (secondary N) is 1. The fourth-order valence-corrected chi connectivity index (χ4v) is 4.74. The summed E-state index contributed by atoms with van der Waals surface area (Å²) < 4.78 is 25.8. The van der Waals surface area contributed by atoms with Crippen molar-refractivity contribution in [3.05, 3.63) is 47.8 Å². The molecule has 9 nitrogen and oxygen atoms in total. The van der Waals surface area contributed by atoms with E-state index in [4.69, 9.17) is 15.2 Å². The van der Waals surface area contributed by atoms with Crippen molar-refractivity contribution in [3.8, 4) is 11.5 Å². The summed E-state index contributed by atoms with van der Waals surface area (Å²) in [7, 11) is 2.81. The number of ether oxygens (including phenoxy) is 2. The van der Waals surface area contributed by atoms with Crippen LogP contribution in [0.3, 0.4) is 0 Å². The molecule has 2 aliphatic heterocycles. The summed E-state index contributed by atoms with van der Waals surface area (Å²) in [5.41, 5.74) is 7.35. The van der Waals surface area contributed by atoms with Crippen molar-refractivity contribution in [1.82, 2.24) is 20.2 Å². The van der Waals surface area contributed by atoms with E-state index in [0.717, 1.165) is 18.5 Å². The third-order valence-corrected chi connectivity index (χ3v) is 6.81. The van der Waals surface area contributed by atoms with E-state index in [1.165, 1.54) is 14.2 Å². The van der Waals surface area contributed by atoms with Crippen LogP contribution < -0.4 is 25.4 Å². The van der Waals surface area contributed by atoms with Crippen molar-refractivity contribution in [2.45, 2.75) is 24.9 Å². The summed E-state index contributed by atoms with van der Waals surface area (Å²) in [6.45, 7) is 2.45. The first-order valence-electron chi connectivity index (χ1n) is 11.7. The van der Waals surface area contributed by atoms with Crippen molar-refractivity contribution < 1.29 is 18.7 Å². The van der Waals surface area contributed by atoms with Crippen molar-refractivity contribution in [1.29, 1.82) is 0 Å². The highest BCUT2D eigenvalue weighted by Gasteiger charge is 2.34. The first kappa shape index (κ1) is 23.1. The fraction of sp³-hybridized carbons (Fsp3) is 0.400. The van der Waals surface area contributed by atoms with Gasteiger partial charge in [0, 0.05) is 37.5 Å². The molecule has 0 aliphatic carbocycles. The number of rotatable bonds is 6. The lowest BCUT2D eigenvalue weighted by molar-refractivity contribution is -0.133. The van der Waals surface area contributed by atoms with E-state index in [2.05, 4.69) is 15.3 Å². The van der Waals surface area contributed by atoms with Gasteiger partial charge in [-0.1, -0.05) is 30.3 Å². The highest BCUT2D eigenvalue weighted by Crippen LogP contribution is 2.38. The molecule has 0 saturated carbocycles. The number of halogens is 1. The number of nitrogens with two attached hydrogens (primary N) is 1. The molecule has 2 saturated heterocycles. The van der Waals surface area contributed by atoms with Gasteiger partial charge < -0.3 is 30.3 Å². The number of methoxy groups -OCH3 is 2. The van der Waals surface area contributed by atoms with Crippen molar-refractivity contribution in [2.75, 3.05) is 51.0 Å². The molecule has 10 heteroatoms. The molecule has 2 fully saturated rings. The molecule has 2 aliphatic rings. The number of fused-ring (bicyclic) bond motifs is 1. The predicted octanol–water partition coefficient (Wildman–Crippen LogP) is 2.51. The van der Waals surface area contributed by atoms with Gasteiger partial charge in [-0.3, -0.25) is 4.79 Å². The first-order valence-corrected chi connectivity index (χ1v) is 11.7. The highest BCUT2D eigenvalue weighted by molar-refractivity contribution is 5.92. The number of aromatic nitrogens is 2. The molecule has 5 rings (SSSR count). The third kappa shape index (κ3) is 4.29. The molecule has 0 bridgehead atoms. The molecule has 35 heavy (non-hydrogen) atoms. The normalized spacial score (nSPS) is 20.0. The number of benzene rings is 2. The second-order valence-electron chi connectivity index (χ2n) is 8.83. The number of piperazine rings is 1. The highest BCUT2D eigenvalue weighted by atomic mass is 19.1. The maximum atomic E-state index is 15.4. The molecule has 0 radical (unpaired) electrons. The van der Waals surface area contributed by atoms with Crippen LogP contribution in [0.15, 0.2) is 36.4 Å². The van der Waals surface area contributed by atoms with Gasteiger partial charge in [-0.2, -0.15) is 4.98 Å². The Morgan fingerprint density at radius 1 is 1.20 bits per heavy atom. The Bertz CT molecular complexity index is 1240. The molecule has 3 heterocycles. The Hall–Kier alpha value is -3.66. The van der Waals surface area contributed by atoms with Crippen LogP contribution in [0.2, 0.25) is 0 Å². The van der Waals surface area contributed by atoms with Crippen LogP contribution in [-0.2, 0) is 4.79 Å². The SMILES string of the molecule is COc1cc2c(N)nc(N3CCN(C(=O)C[C@@H]4CCN4)C[C@@H]3c3ccccc3)nc2c(F)c1OC. The number of amides is 1.